The highest BCUT2D eigenvalue weighted by Gasteiger charge is 2.11. The van der Waals surface area contributed by atoms with Crippen molar-refractivity contribution in [3.05, 3.63) is 59.2 Å². The Morgan fingerprint density at radius 2 is 1.95 bits per heavy atom. The van der Waals surface area contributed by atoms with E-state index in [0.717, 1.165) is 23.5 Å². The molecule has 0 fully saturated rings. The maximum Gasteiger partial charge on any atom is 0.254 e. The number of carbonyl (C=O) groups is 1. The SMILES string of the molecule is Cc1nc(Cc2ccccc2)ncc1C(=O)NCCC(C)C. The lowest BCUT2D eigenvalue weighted by atomic mass is 10.1. The van der Waals surface area contributed by atoms with Crippen LogP contribution < -0.4 is 5.32 Å². The van der Waals surface area contributed by atoms with Crippen molar-refractivity contribution in [2.45, 2.75) is 33.6 Å². The molecule has 1 aromatic heterocycles. The molecule has 116 valence electrons. The number of hydrogen-bond acceptors (Lipinski definition) is 3. The van der Waals surface area contributed by atoms with Crippen molar-refractivity contribution in [2.24, 2.45) is 5.92 Å². The van der Waals surface area contributed by atoms with Crippen LogP contribution in [0.2, 0.25) is 0 Å². The Labute approximate surface area is 132 Å². The van der Waals surface area contributed by atoms with E-state index in [2.05, 4.69) is 29.1 Å². The summed E-state index contributed by atoms with van der Waals surface area (Å²) < 4.78 is 0. The maximum absolute atomic E-state index is 12.1. The highest BCUT2D eigenvalue weighted by molar-refractivity contribution is 5.94. The van der Waals surface area contributed by atoms with Gasteiger partial charge in [-0.2, -0.15) is 0 Å². The molecule has 0 atom stereocenters. The fourth-order valence-corrected chi connectivity index (χ4v) is 2.17. The molecule has 0 radical (unpaired) electrons. The van der Waals surface area contributed by atoms with Crippen molar-refractivity contribution in [3.63, 3.8) is 0 Å². The summed E-state index contributed by atoms with van der Waals surface area (Å²) in [5, 5.41) is 2.92. The third kappa shape index (κ3) is 4.65. The Kier molecular flexibility index (Phi) is 5.64. The molecule has 0 unspecified atom stereocenters. The average Bonchev–Trinajstić information content (AvgIpc) is 2.48. The van der Waals surface area contributed by atoms with Crippen LogP contribution in [0.1, 0.15) is 47.7 Å². The largest absolute Gasteiger partial charge is 0.352 e. The maximum atomic E-state index is 12.1. The molecular formula is C18H23N3O. The molecule has 2 rings (SSSR count). The number of hydrogen-bond donors (Lipinski definition) is 1. The van der Waals surface area contributed by atoms with Gasteiger partial charge in [-0.3, -0.25) is 4.79 Å². The second-order valence-corrected chi connectivity index (χ2v) is 5.89. The van der Waals surface area contributed by atoms with Crippen molar-refractivity contribution in [3.8, 4) is 0 Å². The van der Waals surface area contributed by atoms with Crippen LogP contribution >= 0.6 is 0 Å². The van der Waals surface area contributed by atoms with E-state index >= 15 is 0 Å². The van der Waals surface area contributed by atoms with Crippen LogP contribution in [-0.4, -0.2) is 22.4 Å². The Bertz CT molecular complexity index is 623. The number of aromatic nitrogens is 2. The minimum absolute atomic E-state index is 0.0931. The molecule has 22 heavy (non-hydrogen) atoms. The molecule has 0 aliphatic rings. The highest BCUT2D eigenvalue weighted by Crippen LogP contribution is 2.09. The zero-order valence-corrected chi connectivity index (χ0v) is 13.5. The van der Waals surface area contributed by atoms with E-state index in [9.17, 15) is 4.79 Å². The molecule has 0 aliphatic heterocycles. The number of aryl methyl sites for hydroxylation is 1. The molecule has 4 nitrogen and oxygen atoms in total. The predicted octanol–water partition coefficient (Wildman–Crippen LogP) is 3.15. The highest BCUT2D eigenvalue weighted by atomic mass is 16.1. The molecule has 2 aromatic rings. The van der Waals surface area contributed by atoms with Crippen LogP contribution in [-0.2, 0) is 6.42 Å². The summed E-state index contributed by atoms with van der Waals surface area (Å²) in [4.78, 5) is 20.9. The summed E-state index contributed by atoms with van der Waals surface area (Å²) in [6.07, 6.45) is 3.28. The molecule has 1 amide bonds. The topological polar surface area (TPSA) is 54.9 Å². The van der Waals surface area contributed by atoms with Gasteiger partial charge in [0.05, 0.1) is 11.3 Å². The molecule has 1 N–H and O–H groups in total. The lowest BCUT2D eigenvalue weighted by molar-refractivity contribution is 0.0950. The van der Waals surface area contributed by atoms with E-state index in [0.29, 0.717) is 24.4 Å². The number of nitrogens with one attached hydrogen (secondary N) is 1. The van der Waals surface area contributed by atoms with Gasteiger partial charge in [-0.25, -0.2) is 9.97 Å². The summed E-state index contributed by atoms with van der Waals surface area (Å²) in [6, 6.07) is 10.1. The van der Waals surface area contributed by atoms with Gasteiger partial charge in [0.25, 0.3) is 5.91 Å². The van der Waals surface area contributed by atoms with E-state index in [1.807, 2.05) is 37.3 Å². The first-order valence-electron chi connectivity index (χ1n) is 7.71. The van der Waals surface area contributed by atoms with Gasteiger partial charge < -0.3 is 5.32 Å². The van der Waals surface area contributed by atoms with Gasteiger partial charge in [-0.1, -0.05) is 44.2 Å². The van der Waals surface area contributed by atoms with Crippen molar-refractivity contribution in [1.82, 2.24) is 15.3 Å². The van der Waals surface area contributed by atoms with Gasteiger partial charge in [0.15, 0.2) is 0 Å². The molecule has 0 saturated carbocycles. The first-order valence-corrected chi connectivity index (χ1v) is 7.71. The molecule has 1 aromatic carbocycles. The van der Waals surface area contributed by atoms with E-state index in [1.54, 1.807) is 6.20 Å². The fourth-order valence-electron chi connectivity index (χ4n) is 2.17. The van der Waals surface area contributed by atoms with E-state index in [1.165, 1.54) is 0 Å². The van der Waals surface area contributed by atoms with Gasteiger partial charge in [-0.15, -0.1) is 0 Å². The van der Waals surface area contributed by atoms with Crippen LogP contribution in [0.25, 0.3) is 0 Å². The number of carbonyl (C=O) groups excluding carboxylic acids is 1. The smallest absolute Gasteiger partial charge is 0.254 e. The summed E-state index contributed by atoms with van der Waals surface area (Å²) in [6.45, 7) is 6.81. The average molecular weight is 297 g/mol. The minimum atomic E-state index is -0.0931. The van der Waals surface area contributed by atoms with E-state index in [4.69, 9.17) is 0 Å². The molecule has 0 bridgehead atoms. The molecule has 0 spiro atoms. The molecule has 0 aliphatic carbocycles. The van der Waals surface area contributed by atoms with Crippen LogP contribution in [0.4, 0.5) is 0 Å². The lowest BCUT2D eigenvalue weighted by Crippen LogP contribution is -2.26. The molecule has 0 saturated heterocycles. The van der Waals surface area contributed by atoms with Gasteiger partial charge in [0.2, 0.25) is 0 Å². The second kappa shape index (κ2) is 7.69. The van der Waals surface area contributed by atoms with Crippen LogP contribution in [0.5, 0.6) is 0 Å². The third-order valence-electron chi connectivity index (χ3n) is 3.49. The van der Waals surface area contributed by atoms with Crippen LogP contribution in [0.15, 0.2) is 36.5 Å². The Morgan fingerprint density at radius 3 is 2.59 bits per heavy atom. The van der Waals surface area contributed by atoms with Crippen LogP contribution in [0.3, 0.4) is 0 Å². The first kappa shape index (κ1) is 16.1. The van der Waals surface area contributed by atoms with Gasteiger partial charge >= 0.3 is 0 Å². The van der Waals surface area contributed by atoms with Crippen molar-refractivity contribution < 1.29 is 4.79 Å². The lowest BCUT2D eigenvalue weighted by Gasteiger charge is -2.09. The van der Waals surface area contributed by atoms with Gasteiger partial charge in [0.1, 0.15) is 5.82 Å². The van der Waals surface area contributed by atoms with Crippen molar-refractivity contribution >= 4 is 5.91 Å². The fraction of sp³-hybridized carbons (Fsp3) is 0.389. The number of rotatable bonds is 6. The number of nitrogens with zero attached hydrogens (tertiary/aromatic N) is 2. The zero-order chi connectivity index (χ0) is 15.9. The number of benzene rings is 1. The summed E-state index contributed by atoms with van der Waals surface area (Å²) in [5.41, 5.74) is 2.44. The molecule has 1 heterocycles. The monoisotopic (exact) mass is 297 g/mol. The standard InChI is InChI=1S/C18H23N3O/c1-13(2)9-10-19-18(22)16-12-20-17(21-14(16)3)11-15-7-5-4-6-8-15/h4-8,12-13H,9-11H2,1-3H3,(H,19,22). The normalized spacial score (nSPS) is 10.7. The zero-order valence-electron chi connectivity index (χ0n) is 13.5. The molecular weight excluding hydrogens is 274 g/mol. The van der Waals surface area contributed by atoms with Crippen molar-refractivity contribution in [2.75, 3.05) is 6.54 Å². The van der Waals surface area contributed by atoms with Gasteiger partial charge in [0, 0.05) is 19.2 Å². The first-order chi connectivity index (χ1) is 10.6. The second-order valence-electron chi connectivity index (χ2n) is 5.89. The summed E-state index contributed by atoms with van der Waals surface area (Å²) in [7, 11) is 0. The van der Waals surface area contributed by atoms with E-state index in [-0.39, 0.29) is 5.91 Å². The Morgan fingerprint density at radius 1 is 1.23 bits per heavy atom. The van der Waals surface area contributed by atoms with Crippen LogP contribution in [0, 0.1) is 12.8 Å². The quantitative estimate of drug-likeness (QED) is 0.891. The van der Waals surface area contributed by atoms with Gasteiger partial charge in [-0.05, 0) is 24.8 Å². The number of amides is 1. The summed E-state index contributed by atoms with van der Waals surface area (Å²) in [5.74, 6) is 1.22. The van der Waals surface area contributed by atoms with Crippen molar-refractivity contribution in [1.29, 1.82) is 0 Å². The van der Waals surface area contributed by atoms with E-state index < -0.39 is 0 Å². The third-order valence-corrected chi connectivity index (χ3v) is 3.49. The molecule has 4 heteroatoms. The summed E-state index contributed by atoms with van der Waals surface area (Å²) >= 11 is 0. The Hall–Kier alpha value is -2.23. The minimum Gasteiger partial charge on any atom is -0.352 e. The Balaban J connectivity index is 2.01. The predicted molar refractivity (Wildman–Crippen MR) is 87.8 cm³/mol.